The van der Waals surface area contributed by atoms with Gasteiger partial charge in [0, 0.05) is 29.0 Å². The number of fused-ring (bicyclic) bond motifs is 1. The van der Waals surface area contributed by atoms with Crippen molar-refractivity contribution < 1.29 is 9.59 Å². The summed E-state index contributed by atoms with van der Waals surface area (Å²) in [5, 5.41) is 13.4. The molecule has 1 aromatic heterocycles. The maximum Gasteiger partial charge on any atom is 0.243 e. The smallest absolute Gasteiger partial charge is 0.243 e. The van der Waals surface area contributed by atoms with E-state index >= 15 is 0 Å². The fourth-order valence-corrected chi connectivity index (χ4v) is 2.98. The molecule has 1 aliphatic rings. The van der Waals surface area contributed by atoms with Crippen molar-refractivity contribution in [3.8, 4) is 0 Å². The van der Waals surface area contributed by atoms with Crippen LogP contribution < -0.4 is 10.6 Å². The Morgan fingerprint density at radius 3 is 2.83 bits per heavy atom. The van der Waals surface area contributed by atoms with Gasteiger partial charge in [-0.1, -0.05) is 15.9 Å². The summed E-state index contributed by atoms with van der Waals surface area (Å²) in [4.78, 5) is 24.2. The highest BCUT2D eigenvalue weighted by Crippen LogP contribution is 2.18. The number of benzene rings is 1. The molecule has 2 amide bonds. The summed E-state index contributed by atoms with van der Waals surface area (Å²) in [6.07, 6.45) is 3.87. The van der Waals surface area contributed by atoms with Gasteiger partial charge < -0.3 is 15.2 Å². The molecule has 2 heterocycles. The lowest BCUT2D eigenvalue weighted by Crippen LogP contribution is -2.37. The minimum atomic E-state index is -0.239. The molecule has 1 aromatic carbocycles. The van der Waals surface area contributed by atoms with Gasteiger partial charge in [0.15, 0.2) is 0 Å². The molecule has 24 heavy (non-hydrogen) atoms. The monoisotopic (exact) mass is 391 g/mol. The summed E-state index contributed by atoms with van der Waals surface area (Å²) in [6.45, 7) is 0.697. The standard InChI is InChI=1S/C16H18BrN5O2/c17-12-2-4-13(5-3-12)20-15(23)9-18-16(24)11-1-6-14-21-19-10-22(14)8-7-11/h2-5,10-11H,1,6-9H2,(H,18,24)(H,20,23). The molecule has 8 heteroatoms. The molecule has 0 fully saturated rings. The summed E-state index contributed by atoms with van der Waals surface area (Å²) in [6, 6.07) is 7.28. The molecule has 0 aliphatic carbocycles. The van der Waals surface area contributed by atoms with Gasteiger partial charge in [-0.15, -0.1) is 10.2 Å². The first-order valence-corrected chi connectivity index (χ1v) is 8.61. The van der Waals surface area contributed by atoms with Crippen molar-refractivity contribution in [3.05, 3.63) is 40.9 Å². The van der Waals surface area contributed by atoms with E-state index in [9.17, 15) is 9.59 Å². The molecule has 0 spiro atoms. The van der Waals surface area contributed by atoms with Crippen LogP contribution in [0, 0.1) is 5.92 Å². The van der Waals surface area contributed by atoms with Crippen LogP contribution >= 0.6 is 15.9 Å². The Morgan fingerprint density at radius 2 is 2.04 bits per heavy atom. The fraction of sp³-hybridized carbons (Fsp3) is 0.375. The zero-order valence-electron chi connectivity index (χ0n) is 13.0. The van der Waals surface area contributed by atoms with Gasteiger partial charge in [0.25, 0.3) is 0 Å². The van der Waals surface area contributed by atoms with Gasteiger partial charge in [0.2, 0.25) is 11.8 Å². The third kappa shape index (κ3) is 4.19. The second kappa shape index (κ2) is 7.57. The van der Waals surface area contributed by atoms with Crippen molar-refractivity contribution in [1.82, 2.24) is 20.1 Å². The van der Waals surface area contributed by atoms with Gasteiger partial charge in [0.1, 0.15) is 12.2 Å². The average molecular weight is 392 g/mol. The van der Waals surface area contributed by atoms with Crippen LogP contribution in [0.1, 0.15) is 18.7 Å². The first-order chi connectivity index (χ1) is 11.6. The zero-order chi connectivity index (χ0) is 16.9. The first kappa shape index (κ1) is 16.6. The van der Waals surface area contributed by atoms with Crippen LogP contribution in [0.15, 0.2) is 35.1 Å². The summed E-state index contributed by atoms with van der Waals surface area (Å²) in [5.41, 5.74) is 0.699. The van der Waals surface area contributed by atoms with Gasteiger partial charge in [-0.05, 0) is 37.1 Å². The van der Waals surface area contributed by atoms with Crippen molar-refractivity contribution in [2.24, 2.45) is 5.92 Å². The number of halogens is 1. The SMILES string of the molecule is O=C(CNC(=O)C1CCc2nncn2CC1)Nc1ccc(Br)cc1. The van der Waals surface area contributed by atoms with Crippen LogP contribution in [0.2, 0.25) is 0 Å². The Hall–Kier alpha value is -2.22. The van der Waals surface area contributed by atoms with E-state index in [1.165, 1.54) is 0 Å². The molecule has 126 valence electrons. The van der Waals surface area contributed by atoms with E-state index < -0.39 is 0 Å². The first-order valence-electron chi connectivity index (χ1n) is 7.81. The normalized spacial score (nSPS) is 16.8. The Bertz CT molecular complexity index is 706. The second-order valence-corrected chi connectivity index (χ2v) is 6.65. The minimum Gasteiger partial charge on any atom is -0.347 e. The van der Waals surface area contributed by atoms with Crippen molar-refractivity contribution in [2.45, 2.75) is 25.8 Å². The van der Waals surface area contributed by atoms with Crippen LogP contribution in [0.4, 0.5) is 5.69 Å². The van der Waals surface area contributed by atoms with Crippen molar-refractivity contribution in [2.75, 3.05) is 11.9 Å². The second-order valence-electron chi connectivity index (χ2n) is 5.74. The van der Waals surface area contributed by atoms with Gasteiger partial charge in [-0.25, -0.2) is 0 Å². The molecule has 0 saturated heterocycles. The van der Waals surface area contributed by atoms with E-state index in [1.54, 1.807) is 18.5 Å². The van der Waals surface area contributed by atoms with E-state index in [2.05, 4.69) is 36.8 Å². The molecule has 0 saturated carbocycles. The van der Waals surface area contributed by atoms with E-state index in [0.717, 1.165) is 36.1 Å². The number of amides is 2. The Labute approximate surface area is 148 Å². The molecule has 0 radical (unpaired) electrons. The number of anilines is 1. The van der Waals surface area contributed by atoms with Crippen LogP contribution in [0.25, 0.3) is 0 Å². The number of carbonyl (C=O) groups is 2. The average Bonchev–Trinajstić information content (AvgIpc) is 2.93. The molecule has 0 bridgehead atoms. The number of aryl methyl sites for hydroxylation is 2. The van der Waals surface area contributed by atoms with E-state index in [0.29, 0.717) is 5.69 Å². The maximum absolute atomic E-state index is 12.3. The lowest BCUT2D eigenvalue weighted by molar-refractivity contribution is -0.127. The molecule has 1 unspecified atom stereocenters. The lowest BCUT2D eigenvalue weighted by atomic mass is 9.99. The van der Waals surface area contributed by atoms with Gasteiger partial charge >= 0.3 is 0 Å². The number of hydrogen-bond acceptors (Lipinski definition) is 4. The third-order valence-corrected chi connectivity index (χ3v) is 4.58. The van der Waals surface area contributed by atoms with E-state index in [-0.39, 0.29) is 24.3 Å². The van der Waals surface area contributed by atoms with Crippen LogP contribution in [-0.2, 0) is 22.6 Å². The fourth-order valence-electron chi connectivity index (χ4n) is 2.71. The molecule has 1 atom stereocenters. The van der Waals surface area contributed by atoms with Crippen LogP contribution in [0.5, 0.6) is 0 Å². The molecule has 3 rings (SSSR count). The van der Waals surface area contributed by atoms with E-state index in [1.807, 2.05) is 16.7 Å². The molecule has 2 N–H and O–H groups in total. The zero-order valence-corrected chi connectivity index (χ0v) is 14.6. The summed E-state index contributed by atoms with van der Waals surface area (Å²) < 4.78 is 2.92. The largest absolute Gasteiger partial charge is 0.347 e. The van der Waals surface area contributed by atoms with Crippen LogP contribution in [0.3, 0.4) is 0 Å². The number of nitrogens with zero attached hydrogens (tertiary/aromatic N) is 3. The third-order valence-electron chi connectivity index (χ3n) is 4.05. The highest BCUT2D eigenvalue weighted by Gasteiger charge is 2.23. The van der Waals surface area contributed by atoms with Crippen molar-refractivity contribution in [1.29, 1.82) is 0 Å². The molecule has 7 nitrogen and oxygen atoms in total. The predicted octanol–water partition coefficient (Wildman–Crippen LogP) is 1.75. The number of rotatable bonds is 4. The lowest BCUT2D eigenvalue weighted by Gasteiger charge is -2.14. The molecule has 2 aromatic rings. The predicted molar refractivity (Wildman–Crippen MR) is 92.2 cm³/mol. The van der Waals surface area contributed by atoms with Gasteiger partial charge in [-0.3, -0.25) is 9.59 Å². The Kier molecular flexibility index (Phi) is 5.24. The van der Waals surface area contributed by atoms with Crippen LogP contribution in [-0.4, -0.2) is 33.1 Å². The Balaban J connectivity index is 1.46. The summed E-state index contributed by atoms with van der Waals surface area (Å²) >= 11 is 3.34. The number of hydrogen-bond donors (Lipinski definition) is 2. The number of aromatic nitrogens is 3. The quantitative estimate of drug-likeness (QED) is 0.830. The Morgan fingerprint density at radius 1 is 1.25 bits per heavy atom. The maximum atomic E-state index is 12.3. The van der Waals surface area contributed by atoms with Crippen molar-refractivity contribution in [3.63, 3.8) is 0 Å². The highest BCUT2D eigenvalue weighted by atomic mass is 79.9. The van der Waals surface area contributed by atoms with Gasteiger partial charge in [0.05, 0.1) is 6.54 Å². The number of carbonyl (C=O) groups excluding carboxylic acids is 2. The van der Waals surface area contributed by atoms with Crippen molar-refractivity contribution >= 4 is 33.4 Å². The topological polar surface area (TPSA) is 88.9 Å². The molecular formula is C16H18BrN5O2. The summed E-state index contributed by atoms with van der Waals surface area (Å²) in [5.74, 6) is 0.488. The van der Waals surface area contributed by atoms with E-state index in [4.69, 9.17) is 0 Å². The number of nitrogens with one attached hydrogen (secondary N) is 2. The highest BCUT2D eigenvalue weighted by molar-refractivity contribution is 9.10. The molecule has 1 aliphatic heterocycles. The molecular weight excluding hydrogens is 374 g/mol. The minimum absolute atomic E-state index is 0.0302. The van der Waals surface area contributed by atoms with Gasteiger partial charge in [-0.2, -0.15) is 0 Å². The summed E-state index contributed by atoms with van der Waals surface area (Å²) in [7, 11) is 0.